The zero-order valence-corrected chi connectivity index (χ0v) is 14.9. The Hall–Kier alpha value is -1.25. The van der Waals surface area contributed by atoms with Crippen LogP contribution in [0, 0.1) is 0 Å². The van der Waals surface area contributed by atoms with Crippen molar-refractivity contribution in [1.82, 2.24) is 10.6 Å². The van der Waals surface area contributed by atoms with Crippen molar-refractivity contribution in [3.05, 3.63) is 24.2 Å². The van der Waals surface area contributed by atoms with Gasteiger partial charge in [-0.05, 0) is 25.0 Å². The monoisotopic (exact) mass is 409 g/mol. The van der Waals surface area contributed by atoms with E-state index >= 15 is 0 Å². The van der Waals surface area contributed by atoms with Crippen molar-refractivity contribution in [2.24, 2.45) is 4.99 Å². The molecule has 0 aliphatic rings. The van der Waals surface area contributed by atoms with Gasteiger partial charge in [0.15, 0.2) is 5.96 Å². The maximum Gasteiger partial charge on any atom is 0.305 e. The SMILES string of the molecule is CN=C(NCCCCCC(=O)OC)NCc1ccco1.I. The Morgan fingerprint density at radius 3 is 2.76 bits per heavy atom. The molecule has 1 aromatic rings. The predicted octanol–water partition coefficient (Wildman–Crippen LogP) is 2.30. The van der Waals surface area contributed by atoms with Crippen molar-refractivity contribution in [3.8, 4) is 0 Å². The fraction of sp³-hybridized carbons (Fsp3) is 0.571. The number of carbonyl (C=O) groups excluding carboxylic acids is 1. The molecule has 0 bridgehead atoms. The molecular formula is C14H24IN3O3. The van der Waals surface area contributed by atoms with Gasteiger partial charge in [-0.3, -0.25) is 9.79 Å². The van der Waals surface area contributed by atoms with Gasteiger partial charge in [-0.1, -0.05) is 6.42 Å². The van der Waals surface area contributed by atoms with Crippen LogP contribution >= 0.6 is 24.0 Å². The Balaban J connectivity index is 0.00000400. The van der Waals surface area contributed by atoms with Gasteiger partial charge < -0.3 is 19.8 Å². The van der Waals surface area contributed by atoms with Crippen LogP contribution in [0.15, 0.2) is 27.8 Å². The summed E-state index contributed by atoms with van der Waals surface area (Å²) in [5.41, 5.74) is 0. The molecule has 1 aromatic heterocycles. The van der Waals surface area contributed by atoms with Crippen molar-refractivity contribution in [2.75, 3.05) is 20.7 Å². The van der Waals surface area contributed by atoms with Crippen LogP contribution in [-0.2, 0) is 16.1 Å². The lowest BCUT2D eigenvalue weighted by atomic mass is 10.2. The maximum absolute atomic E-state index is 10.9. The summed E-state index contributed by atoms with van der Waals surface area (Å²) in [4.78, 5) is 15.0. The maximum atomic E-state index is 10.9. The second-order valence-electron chi connectivity index (χ2n) is 4.32. The van der Waals surface area contributed by atoms with Crippen LogP contribution in [0.1, 0.15) is 31.4 Å². The Kier molecular flexibility index (Phi) is 11.7. The molecule has 120 valence electrons. The highest BCUT2D eigenvalue weighted by Crippen LogP contribution is 2.00. The van der Waals surface area contributed by atoms with Crippen molar-refractivity contribution < 1.29 is 13.9 Å². The van der Waals surface area contributed by atoms with Gasteiger partial charge in [0.1, 0.15) is 5.76 Å². The van der Waals surface area contributed by atoms with E-state index in [0.29, 0.717) is 13.0 Å². The van der Waals surface area contributed by atoms with E-state index in [1.165, 1.54) is 7.11 Å². The first-order valence-electron chi connectivity index (χ1n) is 6.80. The highest BCUT2D eigenvalue weighted by Gasteiger charge is 2.01. The molecule has 0 atom stereocenters. The molecule has 21 heavy (non-hydrogen) atoms. The molecule has 7 heteroatoms. The molecule has 2 N–H and O–H groups in total. The average Bonchev–Trinajstić information content (AvgIpc) is 2.98. The number of hydrogen-bond donors (Lipinski definition) is 2. The largest absolute Gasteiger partial charge is 0.469 e. The Morgan fingerprint density at radius 2 is 2.14 bits per heavy atom. The number of carbonyl (C=O) groups is 1. The lowest BCUT2D eigenvalue weighted by molar-refractivity contribution is -0.140. The molecule has 0 unspecified atom stereocenters. The summed E-state index contributed by atoms with van der Waals surface area (Å²) < 4.78 is 9.82. The number of guanidine groups is 1. The number of unbranched alkanes of at least 4 members (excludes halogenated alkanes) is 2. The van der Waals surface area contributed by atoms with E-state index in [-0.39, 0.29) is 29.9 Å². The van der Waals surface area contributed by atoms with Crippen LogP contribution in [0.3, 0.4) is 0 Å². The van der Waals surface area contributed by atoms with Crippen molar-refractivity contribution in [1.29, 1.82) is 0 Å². The van der Waals surface area contributed by atoms with E-state index in [1.54, 1.807) is 13.3 Å². The number of methoxy groups -OCH3 is 1. The number of furan rings is 1. The zero-order chi connectivity index (χ0) is 14.6. The van der Waals surface area contributed by atoms with Gasteiger partial charge >= 0.3 is 5.97 Å². The van der Waals surface area contributed by atoms with Gasteiger partial charge in [0, 0.05) is 20.0 Å². The van der Waals surface area contributed by atoms with Gasteiger partial charge in [0.25, 0.3) is 0 Å². The lowest BCUT2D eigenvalue weighted by Gasteiger charge is -2.10. The van der Waals surface area contributed by atoms with Crippen LogP contribution in [0.5, 0.6) is 0 Å². The van der Waals surface area contributed by atoms with Crippen LogP contribution in [-0.4, -0.2) is 32.6 Å². The predicted molar refractivity (Wildman–Crippen MR) is 92.8 cm³/mol. The van der Waals surface area contributed by atoms with Crippen molar-refractivity contribution in [3.63, 3.8) is 0 Å². The summed E-state index contributed by atoms with van der Waals surface area (Å²) >= 11 is 0. The van der Waals surface area contributed by atoms with Crippen LogP contribution in [0.2, 0.25) is 0 Å². The molecule has 6 nitrogen and oxygen atoms in total. The summed E-state index contributed by atoms with van der Waals surface area (Å²) in [6, 6.07) is 3.77. The van der Waals surface area contributed by atoms with Gasteiger partial charge in [0.05, 0.1) is 19.9 Å². The smallest absolute Gasteiger partial charge is 0.305 e. The highest BCUT2D eigenvalue weighted by atomic mass is 127. The number of hydrogen-bond acceptors (Lipinski definition) is 4. The van der Waals surface area contributed by atoms with Gasteiger partial charge in [0.2, 0.25) is 0 Å². The molecule has 1 heterocycles. The minimum atomic E-state index is -0.145. The lowest BCUT2D eigenvalue weighted by Crippen LogP contribution is -2.37. The third kappa shape index (κ3) is 9.33. The standard InChI is InChI=1S/C14H23N3O3.HI/c1-15-14(17-11-12-7-6-10-20-12)16-9-5-3-4-8-13(18)19-2;/h6-7,10H,3-5,8-9,11H2,1-2H3,(H2,15,16,17);1H. The van der Waals surface area contributed by atoms with E-state index in [1.807, 2.05) is 12.1 Å². The average molecular weight is 409 g/mol. The van der Waals surface area contributed by atoms with E-state index in [0.717, 1.165) is 37.5 Å². The zero-order valence-electron chi connectivity index (χ0n) is 12.6. The Labute approximate surface area is 142 Å². The number of esters is 1. The Morgan fingerprint density at radius 1 is 1.33 bits per heavy atom. The number of nitrogens with zero attached hydrogens (tertiary/aromatic N) is 1. The normalized spacial score (nSPS) is 10.7. The fourth-order valence-electron chi connectivity index (χ4n) is 1.68. The molecular weight excluding hydrogens is 385 g/mol. The quantitative estimate of drug-likeness (QED) is 0.227. The topological polar surface area (TPSA) is 75.9 Å². The van der Waals surface area contributed by atoms with E-state index < -0.39 is 0 Å². The van der Waals surface area contributed by atoms with E-state index in [9.17, 15) is 4.79 Å². The van der Waals surface area contributed by atoms with Gasteiger partial charge in [-0.2, -0.15) is 0 Å². The van der Waals surface area contributed by atoms with E-state index in [2.05, 4.69) is 20.4 Å². The minimum Gasteiger partial charge on any atom is -0.469 e. The first-order valence-corrected chi connectivity index (χ1v) is 6.80. The third-order valence-corrected chi connectivity index (χ3v) is 2.81. The summed E-state index contributed by atoms with van der Waals surface area (Å²) in [5, 5.41) is 6.38. The third-order valence-electron chi connectivity index (χ3n) is 2.81. The molecule has 0 saturated carbocycles. The highest BCUT2D eigenvalue weighted by molar-refractivity contribution is 14.0. The molecule has 0 fully saturated rings. The minimum absolute atomic E-state index is 0. The van der Waals surface area contributed by atoms with Gasteiger partial charge in [-0.15, -0.1) is 24.0 Å². The first kappa shape index (κ1) is 19.8. The number of rotatable bonds is 8. The summed E-state index contributed by atoms with van der Waals surface area (Å²) in [7, 11) is 3.15. The molecule has 0 aliphatic carbocycles. The van der Waals surface area contributed by atoms with Crippen LogP contribution in [0.4, 0.5) is 0 Å². The summed E-state index contributed by atoms with van der Waals surface area (Å²) in [6.07, 6.45) is 4.96. The van der Waals surface area contributed by atoms with Crippen molar-refractivity contribution >= 4 is 35.9 Å². The molecule has 0 saturated heterocycles. The summed E-state index contributed by atoms with van der Waals surface area (Å²) in [6.45, 7) is 1.42. The molecule has 0 amide bonds. The van der Waals surface area contributed by atoms with Crippen LogP contribution < -0.4 is 10.6 Å². The van der Waals surface area contributed by atoms with Crippen LogP contribution in [0.25, 0.3) is 0 Å². The summed E-state index contributed by atoms with van der Waals surface area (Å²) in [5.74, 6) is 1.47. The number of aliphatic imine (C=N–C) groups is 1. The molecule has 0 aliphatic heterocycles. The Bertz CT molecular complexity index is 408. The van der Waals surface area contributed by atoms with Crippen molar-refractivity contribution in [2.45, 2.75) is 32.2 Å². The number of nitrogens with one attached hydrogen (secondary N) is 2. The molecule has 1 rings (SSSR count). The second-order valence-corrected chi connectivity index (χ2v) is 4.32. The molecule has 0 radical (unpaired) electrons. The fourth-order valence-corrected chi connectivity index (χ4v) is 1.68. The van der Waals surface area contributed by atoms with Gasteiger partial charge in [-0.25, -0.2) is 0 Å². The van der Waals surface area contributed by atoms with E-state index in [4.69, 9.17) is 4.42 Å². The number of ether oxygens (including phenoxy) is 1. The molecule has 0 aromatic carbocycles. The first-order chi connectivity index (χ1) is 9.76. The number of halogens is 1. The second kappa shape index (κ2) is 12.5. The molecule has 0 spiro atoms.